The van der Waals surface area contributed by atoms with Crippen molar-refractivity contribution in [1.82, 2.24) is 19.8 Å². The maximum absolute atomic E-state index is 12.3. The molecule has 6 heteroatoms. The van der Waals surface area contributed by atoms with Gasteiger partial charge in [-0.1, -0.05) is 17.8 Å². The Morgan fingerprint density at radius 1 is 1.65 bits per heavy atom. The van der Waals surface area contributed by atoms with Gasteiger partial charge in [0.25, 0.3) is 5.91 Å². The lowest BCUT2D eigenvalue weighted by atomic mass is 10.2. The Labute approximate surface area is 105 Å². The van der Waals surface area contributed by atoms with Crippen molar-refractivity contribution in [1.29, 1.82) is 0 Å². The van der Waals surface area contributed by atoms with E-state index in [9.17, 15) is 4.79 Å². The first-order valence-electron chi connectivity index (χ1n) is 6.06. The first kappa shape index (κ1) is 12.4. The summed E-state index contributed by atoms with van der Waals surface area (Å²) < 4.78 is 3.90. The van der Waals surface area contributed by atoms with Crippen LogP contribution in [0.4, 0.5) is 0 Å². The number of aromatic nitrogens is 2. The van der Waals surface area contributed by atoms with Crippen LogP contribution in [0.5, 0.6) is 0 Å². The number of aryl methyl sites for hydroxylation is 1. The van der Waals surface area contributed by atoms with Gasteiger partial charge in [0.15, 0.2) is 0 Å². The summed E-state index contributed by atoms with van der Waals surface area (Å²) in [5.41, 5.74) is 0.855. The Morgan fingerprint density at radius 3 is 3.18 bits per heavy atom. The van der Waals surface area contributed by atoms with Crippen molar-refractivity contribution in [2.45, 2.75) is 32.7 Å². The van der Waals surface area contributed by atoms with E-state index in [4.69, 9.17) is 0 Å². The molecule has 1 aliphatic heterocycles. The highest BCUT2D eigenvalue weighted by Crippen LogP contribution is 2.16. The van der Waals surface area contributed by atoms with Crippen molar-refractivity contribution < 1.29 is 4.79 Å². The molecule has 1 fully saturated rings. The zero-order valence-corrected chi connectivity index (χ0v) is 11.1. The number of rotatable bonds is 3. The van der Waals surface area contributed by atoms with Crippen molar-refractivity contribution >= 4 is 17.4 Å². The Bertz CT molecular complexity index is 393. The van der Waals surface area contributed by atoms with E-state index in [0.29, 0.717) is 6.04 Å². The fourth-order valence-electron chi connectivity index (χ4n) is 2.03. The molecule has 1 aliphatic rings. The Kier molecular flexibility index (Phi) is 4.06. The number of hydrogen-bond donors (Lipinski definition) is 1. The fraction of sp³-hybridized carbons (Fsp3) is 0.727. The molecule has 0 saturated carbocycles. The normalized spacial score (nSPS) is 20.6. The molecule has 0 radical (unpaired) electrons. The predicted molar refractivity (Wildman–Crippen MR) is 67.3 cm³/mol. The van der Waals surface area contributed by atoms with Crippen molar-refractivity contribution in [2.24, 2.45) is 0 Å². The lowest BCUT2D eigenvalue weighted by Gasteiger charge is -2.31. The SMILES string of the molecule is CCCc1nnsc1C(=O)N1CCN[C@H](C)C1. The highest BCUT2D eigenvalue weighted by atomic mass is 32.1. The molecule has 17 heavy (non-hydrogen) atoms. The van der Waals surface area contributed by atoms with Gasteiger partial charge < -0.3 is 10.2 Å². The second-order valence-corrected chi connectivity index (χ2v) is 5.16. The van der Waals surface area contributed by atoms with Gasteiger partial charge in [0.2, 0.25) is 0 Å². The first-order valence-corrected chi connectivity index (χ1v) is 6.83. The average molecular weight is 254 g/mol. The van der Waals surface area contributed by atoms with Gasteiger partial charge in [-0.15, -0.1) is 5.10 Å². The maximum atomic E-state index is 12.3. The van der Waals surface area contributed by atoms with Gasteiger partial charge in [0.1, 0.15) is 4.88 Å². The van der Waals surface area contributed by atoms with Crippen LogP contribution in [0.1, 0.15) is 35.6 Å². The third-order valence-electron chi connectivity index (χ3n) is 2.89. The van der Waals surface area contributed by atoms with Gasteiger partial charge in [-0.3, -0.25) is 4.79 Å². The highest BCUT2D eigenvalue weighted by Gasteiger charge is 2.25. The standard InChI is InChI=1S/C11H18N4OS/c1-3-4-9-10(17-14-13-9)11(16)15-6-5-12-8(2)7-15/h8,12H,3-7H2,1-2H3/t8-/m1/s1. The van der Waals surface area contributed by atoms with Crippen LogP contribution >= 0.6 is 11.5 Å². The van der Waals surface area contributed by atoms with E-state index < -0.39 is 0 Å². The number of carbonyl (C=O) groups excluding carboxylic acids is 1. The molecule has 1 aromatic rings. The molecule has 2 heterocycles. The summed E-state index contributed by atoms with van der Waals surface area (Å²) in [6, 6.07) is 0.364. The van der Waals surface area contributed by atoms with Crippen molar-refractivity contribution in [3.8, 4) is 0 Å². The molecule has 1 saturated heterocycles. The molecule has 1 amide bonds. The highest BCUT2D eigenvalue weighted by molar-refractivity contribution is 7.08. The number of amides is 1. The minimum atomic E-state index is 0.0943. The number of nitrogens with one attached hydrogen (secondary N) is 1. The van der Waals surface area contributed by atoms with E-state index in [1.165, 1.54) is 11.5 Å². The molecule has 1 aromatic heterocycles. The summed E-state index contributed by atoms with van der Waals surface area (Å²) in [5.74, 6) is 0.0943. The lowest BCUT2D eigenvalue weighted by Crippen LogP contribution is -2.51. The number of nitrogens with zero attached hydrogens (tertiary/aromatic N) is 3. The topological polar surface area (TPSA) is 58.1 Å². The molecular weight excluding hydrogens is 236 g/mol. The number of hydrogen-bond acceptors (Lipinski definition) is 5. The number of piperazine rings is 1. The largest absolute Gasteiger partial charge is 0.335 e. The quantitative estimate of drug-likeness (QED) is 0.871. The summed E-state index contributed by atoms with van der Waals surface area (Å²) in [5, 5.41) is 7.38. The van der Waals surface area contributed by atoms with E-state index >= 15 is 0 Å². The molecule has 0 unspecified atom stereocenters. The van der Waals surface area contributed by atoms with Gasteiger partial charge in [0, 0.05) is 25.7 Å². The van der Waals surface area contributed by atoms with Crippen LogP contribution in [-0.2, 0) is 6.42 Å². The van der Waals surface area contributed by atoms with E-state index in [2.05, 4.69) is 28.8 Å². The second-order valence-electron chi connectivity index (χ2n) is 4.41. The molecule has 0 aromatic carbocycles. The van der Waals surface area contributed by atoms with Crippen LogP contribution in [0.15, 0.2) is 0 Å². The van der Waals surface area contributed by atoms with Crippen LogP contribution in [0.3, 0.4) is 0 Å². The van der Waals surface area contributed by atoms with Gasteiger partial charge >= 0.3 is 0 Å². The zero-order chi connectivity index (χ0) is 12.3. The molecule has 2 rings (SSSR count). The van der Waals surface area contributed by atoms with Crippen molar-refractivity contribution in [2.75, 3.05) is 19.6 Å². The molecular formula is C11H18N4OS. The summed E-state index contributed by atoms with van der Waals surface area (Å²) in [6.45, 7) is 6.58. The van der Waals surface area contributed by atoms with Crippen LogP contribution in [-0.4, -0.2) is 46.1 Å². The van der Waals surface area contributed by atoms with Crippen LogP contribution in [0, 0.1) is 0 Å². The fourth-order valence-corrected chi connectivity index (χ4v) is 2.71. The van der Waals surface area contributed by atoms with Crippen molar-refractivity contribution in [3.63, 3.8) is 0 Å². The maximum Gasteiger partial charge on any atom is 0.267 e. The summed E-state index contributed by atoms with van der Waals surface area (Å²) in [4.78, 5) is 15.0. The summed E-state index contributed by atoms with van der Waals surface area (Å²) in [7, 11) is 0. The average Bonchev–Trinajstić information content (AvgIpc) is 2.77. The van der Waals surface area contributed by atoms with Crippen molar-refractivity contribution in [3.05, 3.63) is 10.6 Å². The zero-order valence-electron chi connectivity index (χ0n) is 10.3. The first-order chi connectivity index (χ1) is 8.22. The Morgan fingerprint density at radius 2 is 2.47 bits per heavy atom. The van der Waals surface area contributed by atoms with E-state index in [0.717, 1.165) is 43.0 Å². The molecule has 0 bridgehead atoms. The molecule has 94 valence electrons. The van der Waals surface area contributed by atoms with E-state index in [1.807, 2.05) is 4.90 Å². The van der Waals surface area contributed by atoms with Crippen LogP contribution in [0.25, 0.3) is 0 Å². The third kappa shape index (κ3) is 2.81. The minimum absolute atomic E-state index is 0.0943. The Balaban J connectivity index is 2.10. The molecule has 1 atom stereocenters. The van der Waals surface area contributed by atoms with Gasteiger partial charge in [0.05, 0.1) is 5.69 Å². The molecule has 1 N–H and O–H groups in total. The molecule has 0 aliphatic carbocycles. The third-order valence-corrected chi connectivity index (χ3v) is 3.65. The minimum Gasteiger partial charge on any atom is -0.335 e. The molecule has 5 nitrogen and oxygen atoms in total. The molecule has 0 spiro atoms. The van der Waals surface area contributed by atoms with Gasteiger partial charge in [-0.2, -0.15) is 0 Å². The predicted octanol–water partition coefficient (Wildman–Crippen LogP) is 0.924. The van der Waals surface area contributed by atoms with Gasteiger partial charge in [-0.05, 0) is 24.9 Å². The summed E-state index contributed by atoms with van der Waals surface area (Å²) in [6.07, 6.45) is 1.82. The van der Waals surface area contributed by atoms with E-state index in [1.54, 1.807) is 0 Å². The van der Waals surface area contributed by atoms with Crippen LogP contribution < -0.4 is 5.32 Å². The van der Waals surface area contributed by atoms with Crippen LogP contribution in [0.2, 0.25) is 0 Å². The summed E-state index contributed by atoms with van der Waals surface area (Å²) >= 11 is 1.22. The van der Waals surface area contributed by atoms with Gasteiger partial charge in [-0.25, -0.2) is 0 Å². The smallest absolute Gasteiger partial charge is 0.267 e. The number of carbonyl (C=O) groups is 1. The Hall–Kier alpha value is -1.01. The second kappa shape index (κ2) is 5.55. The monoisotopic (exact) mass is 254 g/mol. The van der Waals surface area contributed by atoms with E-state index in [-0.39, 0.29) is 5.91 Å². The lowest BCUT2D eigenvalue weighted by molar-refractivity contribution is 0.0712.